The molecule has 4 aromatic rings. The number of carbonyl (C=O) groups excluding carboxylic acids is 2. The zero-order valence-electron chi connectivity index (χ0n) is 21.8. The second-order valence-electron chi connectivity index (χ2n) is 9.62. The van der Waals surface area contributed by atoms with Gasteiger partial charge in [0.25, 0.3) is 11.5 Å². The summed E-state index contributed by atoms with van der Waals surface area (Å²) in [6.45, 7) is 11.0. The van der Waals surface area contributed by atoms with E-state index in [0.717, 1.165) is 23.2 Å². The van der Waals surface area contributed by atoms with Crippen LogP contribution in [0.2, 0.25) is 0 Å². The van der Waals surface area contributed by atoms with Crippen LogP contribution in [-0.2, 0) is 11.3 Å². The Balaban J connectivity index is 1.70. The lowest BCUT2D eigenvalue weighted by Gasteiger charge is -2.12. The summed E-state index contributed by atoms with van der Waals surface area (Å²) in [6.07, 6.45) is 0.740. The number of amides is 2. The first-order valence-corrected chi connectivity index (χ1v) is 13.4. The largest absolute Gasteiger partial charge is 0.352 e. The number of carbonyl (C=O) groups is 2. The highest BCUT2D eigenvalue weighted by molar-refractivity contribution is 7.99. The van der Waals surface area contributed by atoms with E-state index < -0.39 is 0 Å². The molecule has 0 saturated carbocycles. The third kappa shape index (κ3) is 5.85. The number of fused-ring (bicyclic) bond motifs is 3. The molecule has 0 aliphatic heterocycles. The van der Waals surface area contributed by atoms with Crippen LogP contribution in [0.3, 0.4) is 0 Å². The van der Waals surface area contributed by atoms with Crippen molar-refractivity contribution < 1.29 is 9.59 Å². The van der Waals surface area contributed by atoms with Crippen LogP contribution in [0.1, 0.15) is 48.7 Å². The molecule has 0 aliphatic rings. The normalized spacial score (nSPS) is 11.4. The van der Waals surface area contributed by atoms with Crippen molar-refractivity contribution in [2.75, 3.05) is 17.6 Å². The maximum absolute atomic E-state index is 13.3. The molecule has 194 valence electrons. The minimum Gasteiger partial charge on any atom is -0.352 e. The minimum absolute atomic E-state index is 0.108. The number of rotatable bonds is 9. The van der Waals surface area contributed by atoms with Gasteiger partial charge < -0.3 is 10.6 Å². The number of hydrogen-bond donors (Lipinski definition) is 2. The summed E-state index contributed by atoms with van der Waals surface area (Å²) in [5, 5.41) is 15.4. The molecule has 0 unspecified atom stereocenters. The summed E-state index contributed by atoms with van der Waals surface area (Å²) in [7, 11) is 0. The van der Waals surface area contributed by atoms with Gasteiger partial charge in [-0.2, -0.15) is 0 Å². The van der Waals surface area contributed by atoms with E-state index in [0.29, 0.717) is 46.4 Å². The molecule has 0 radical (unpaired) electrons. The molecule has 2 aromatic heterocycles. The van der Waals surface area contributed by atoms with Gasteiger partial charge in [0.2, 0.25) is 11.7 Å². The summed E-state index contributed by atoms with van der Waals surface area (Å²) in [5.74, 6) is 0.421. The Morgan fingerprint density at radius 2 is 1.78 bits per heavy atom. The Bertz CT molecular complexity index is 1520. The van der Waals surface area contributed by atoms with E-state index in [2.05, 4.69) is 20.8 Å². The first-order valence-electron chi connectivity index (χ1n) is 12.4. The highest BCUT2D eigenvalue weighted by atomic mass is 32.2. The number of nitrogens with one attached hydrogen (secondary N) is 2. The van der Waals surface area contributed by atoms with E-state index in [4.69, 9.17) is 0 Å². The van der Waals surface area contributed by atoms with Gasteiger partial charge in [0.05, 0.1) is 16.7 Å². The smallest absolute Gasteiger partial charge is 0.262 e. The molecular weight excluding hydrogens is 488 g/mol. The van der Waals surface area contributed by atoms with Crippen LogP contribution in [0.25, 0.3) is 16.7 Å². The van der Waals surface area contributed by atoms with Crippen LogP contribution in [0, 0.1) is 19.8 Å². The van der Waals surface area contributed by atoms with Gasteiger partial charge in [-0.15, -0.1) is 10.2 Å². The Morgan fingerprint density at radius 1 is 1.05 bits per heavy atom. The lowest BCUT2D eigenvalue weighted by molar-refractivity contribution is -0.113. The van der Waals surface area contributed by atoms with Crippen molar-refractivity contribution in [3.8, 4) is 0 Å². The molecule has 2 aromatic carbocycles. The van der Waals surface area contributed by atoms with Crippen LogP contribution in [0.4, 0.5) is 5.69 Å². The van der Waals surface area contributed by atoms with E-state index in [1.54, 1.807) is 27.2 Å². The van der Waals surface area contributed by atoms with Gasteiger partial charge in [-0.3, -0.25) is 23.4 Å². The maximum Gasteiger partial charge on any atom is 0.262 e. The van der Waals surface area contributed by atoms with Crippen LogP contribution in [0.5, 0.6) is 0 Å². The van der Waals surface area contributed by atoms with Crippen molar-refractivity contribution in [2.45, 2.75) is 52.7 Å². The second-order valence-corrected chi connectivity index (χ2v) is 10.6. The van der Waals surface area contributed by atoms with E-state index in [-0.39, 0.29) is 23.1 Å². The van der Waals surface area contributed by atoms with E-state index in [1.807, 2.05) is 52.8 Å². The van der Waals surface area contributed by atoms with Crippen molar-refractivity contribution in [1.82, 2.24) is 24.5 Å². The molecule has 37 heavy (non-hydrogen) atoms. The number of benzene rings is 2. The van der Waals surface area contributed by atoms with Gasteiger partial charge in [-0.1, -0.05) is 38.6 Å². The standard InChI is InChI=1S/C27H32N6O3S/c1-6-9-32-25(36)21-8-7-19(24(35)28-14-16(2)3)13-22(21)33-26(32)30-31-27(33)37-15-23(34)29-20-11-17(4)10-18(5)12-20/h7-8,10-13,16H,6,9,14-15H2,1-5H3,(H,28,35)(H,29,34). The summed E-state index contributed by atoms with van der Waals surface area (Å²) < 4.78 is 3.36. The fourth-order valence-corrected chi connectivity index (χ4v) is 4.95. The summed E-state index contributed by atoms with van der Waals surface area (Å²) in [4.78, 5) is 38.7. The van der Waals surface area contributed by atoms with E-state index >= 15 is 0 Å². The lowest BCUT2D eigenvalue weighted by Crippen LogP contribution is -2.28. The van der Waals surface area contributed by atoms with Gasteiger partial charge in [-0.05, 0) is 67.6 Å². The number of thioether (sulfide) groups is 1. The maximum atomic E-state index is 13.3. The first-order chi connectivity index (χ1) is 17.7. The van der Waals surface area contributed by atoms with Crippen LogP contribution in [-0.4, -0.2) is 43.3 Å². The van der Waals surface area contributed by atoms with Gasteiger partial charge in [0.15, 0.2) is 5.16 Å². The van der Waals surface area contributed by atoms with Crippen molar-refractivity contribution in [3.63, 3.8) is 0 Å². The third-order valence-electron chi connectivity index (χ3n) is 5.79. The quantitative estimate of drug-likeness (QED) is 0.320. The summed E-state index contributed by atoms with van der Waals surface area (Å²) in [6, 6.07) is 10.9. The van der Waals surface area contributed by atoms with Gasteiger partial charge >= 0.3 is 0 Å². The van der Waals surface area contributed by atoms with Crippen LogP contribution < -0.4 is 16.2 Å². The predicted octanol–water partition coefficient (Wildman–Crippen LogP) is 4.19. The van der Waals surface area contributed by atoms with Crippen LogP contribution in [0.15, 0.2) is 46.3 Å². The SMILES string of the molecule is CCCn1c(=O)c2ccc(C(=O)NCC(C)C)cc2n2c(SCC(=O)Nc3cc(C)cc(C)c3)nnc12. The number of aromatic nitrogens is 4. The van der Waals surface area contributed by atoms with Gasteiger partial charge in [0.1, 0.15) is 0 Å². The van der Waals surface area contributed by atoms with Crippen molar-refractivity contribution in [2.24, 2.45) is 5.92 Å². The van der Waals surface area contributed by atoms with Gasteiger partial charge in [-0.25, -0.2) is 0 Å². The zero-order valence-corrected chi connectivity index (χ0v) is 22.6. The van der Waals surface area contributed by atoms with Crippen molar-refractivity contribution in [3.05, 3.63) is 63.4 Å². The lowest BCUT2D eigenvalue weighted by atomic mass is 10.1. The van der Waals surface area contributed by atoms with Crippen molar-refractivity contribution in [1.29, 1.82) is 0 Å². The summed E-state index contributed by atoms with van der Waals surface area (Å²) >= 11 is 1.23. The van der Waals surface area contributed by atoms with Crippen molar-refractivity contribution >= 4 is 45.9 Å². The molecule has 2 heterocycles. The zero-order chi connectivity index (χ0) is 26.7. The molecular formula is C27H32N6O3S. The second kappa shape index (κ2) is 11.2. The fraction of sp³-hybridized carbons (Fsp3) is 0.370. The molecule has 2 amide bonds. The molecule has 0 bridgehead atoms. The molecule has 10 heteroatoms. The number of aryl methyl sites for hydroxylation is 3. The number of nitrogens with zero attached hydrogens (tertiary/aromatic N) is 4. The molecule has 0 saturated heterocycles. The molecule has 0 atom stereocenters. The fourth-order valence-electron chi connectivity index (χ4n) is 4.21. The molecule has 2 N–H and O–H groups in total. The Kier molecular flexibility index (Phi) is 7.97. The first kappa shape index (κ1) is 26.4. The summed E-state index contributed by atoms with van der Waals surface area (Å²) in [5.41, 5.74) is 3.68. The average molecular weight is 521 g/mol. The molecule has 4 rings (SSSR count). The molecule has 0 fully saturated rings. The Hall–Kier alpha value is -3.66. The minimum atomic E-state index is -0.211. The predicted molar refractivity (Wildman–Crippen MR) is 147 cm³/mol. The molecule has 0 spiro atoms. The monoisotopic (exact) mass is 520 g/mol. The third-order valence-corrected chi connectivity index (χ3v) is 6.72. The molecule has 0 aliphatic carbocycles. The number of anilines is 1. The van der Waals surface area contributed by atoms with Gasteiger partial charge in [0, 0.05) is 24.3 Å². The van der Waals surface area contributed by atoms with E-state index in [1.165, 1.54) is 11.8 Å². The Morgan fingerprint density at radius 3 is 2.46 bits per heavy atom. The highest BCUT2D eigenvalue weighted by Crippen LogP contribution is 2.23. The topological polar surface area (TPSA) is 110 Å². The highest BCUT2D eigenvalue weighted by Gasteiger charge is 2.19. The van der Waals surface area contributed by atoms with Crippen LogP contribution >= 0.6 is 11.8 Å². The van der Waals surface area contributed by atoms with E-state index in [9.17, 15) is 14.4 Å². The Labute approximate surface area is 219 Å². The molecule has 9 nitrogen and oxygen atoms in total. The average Bonchev–Trinajstić information content (AvgIpc) is 3.26. The number of hydrogen-bond acceptors (Lipinski definition) is 6.